The summed E-state index contributed by atoms with van der Waals surface area (Å²) >= 11 is 0. The molecule has 0 spiro atoms. The van der Waals surface area contributed by atoms with E-state index in [-0.39, 0.29) is 5.31 Å². The zero-order valence-electron chi connectivity index (χ0n) is 12.6. The predicted octanol–water partition coefficient (Wildman–Crippen LogP) is 5.97. The molecule has 0 saturated heterocycles. The molecular weight excluding hydrogens is 215 g/mol. The van der Waals surface area contributed by atoms with E-state index in [1.54, 1.807) is 5.57 Å². The van der Waals surface area contributed by atoms with Gasteiger partial charge in [-0.3, -0.25) is 0 Å². The molecule has 0 aromatic carbocycles. The van der Waals surface area contributed by atoms with Gasteiger partial charge >= 0.3 is 0 Å². The van der Waals surface area contributed by atoms with Gasteiger partial charge in [0.2, 0.25) is 0 Å². The van der Waals surface area contributed by atoms with Crippen LogP contribution >= 0.6 is 0 Å². The van der Waals surface area contributed by atoms with Crippen LogP contribution in [0.3, 0.4) is 0 Å². The van der Waals surface area contributed by atoms with Crippen molar-refractivity contribution in [3.05, 3.63) is 11.6 Å². The number of hydrogen-bond donors (Lipinski definition) is 0. The van der Waals surface area contributed by atoms with Gasteiger partial charge in [0, 0.05) is 0 Å². The molecule has 0 aromatic heterocycles. The first-order valence-corrected chi connectivity index (χ1v) is 8.11. The first kappa shape index (κ1) is 15.9. The Bertz CT molecular complexity index is 230. The van der Waals surface area contributed by atoms with Gasteiger partial charge in [-0.2, -0.15) is 0 Å². The van der Waals surface area contributed by atoms with Gasteiger partial charge in [0.25, 0.3) is 0 Å². The van der Waals surface area contributed by atoms with E-state index in [9.17, 15) is 0 Å². The normalized spacial score (nSPS) is 20.9. The number of allylic oxidation sites excluding steroid dienone is 2. The van der Waals surface area contributed by atoms with Crippen molar-refractivity contribution >= 4 is 7.85 Å². The highest BCUT2D eigenvalue weighted by molar-refractivity contribution is 6.14. The van der Waals surface area contributed by atoms with Gasteiger partial charge < -0.3 is 0 Å². The lowest BCUT2D eigenvalue weighted by atomic mass is 9.64. The molecule has 1 aliphatic rings. The third kappa shape index (κ3) is 7.29. The maximum atomic E-state index is 6.35. The SMILES string of the molecule is [B]C(C)(CCC=C1CCCCCCC1)CCCC. The molecule has 0 amide bonds. The predicted molar refractivity (Wildman–Crippen MR) is 83.3 cm³/mol. The van der Waals surface area contributed by atoms with E-state index >= 15 is 0 Å². The van der Waals surface area contributed by atoms with Crippen LogP contribution in [0.25, 0.3) is 0 Å². The monoisotopic (exact) mass is 246 g/mol. The summed E-state index contributed by atoms with van der Waals surface area (Å²) in [6.45, 7) is 4.46. The van der Waals surface area contributed by atoms with Crippen LogP contribution in [0.4, 0.5) is 0 Å². The lowest BCUT2D eigenvalue weighted by molar-refractivity contribution is 0.496. The average Bonchev–Trinajstić information content (AvgIpc) is 2.29. The van der Waals surface area contributed by atoms with Crippen molar-refractivity contribution in [3.8, 4) is 0 Å². The second kappa shape index (κ2) is 8.83. The Morgan fingerprint density at radius 2 is 1.67 bits per heavy atom. The van der Waals surface area contributed by atoms with Crippen LogP contribution in [0.2, 0.25) is 5.31 Å². The van der Waals surface area contributed by atoms with Gasteiger partial charge in [0.15, 0.2) is 0 Å². The van der Waals surface area contributed by atoms with Crippen molar-refractivity contribution in [1.82, 2.24) is 0 Å². The summed E-state index contributed by atoms with van der Waals surface area (Å²) < 4.78 is 0. The van der Waals surface area contributed by atoms with Crippen LogP contribution in [-0.4, -0.2) is 7.85 Å². The minimum atomic E-state index is 0.0503. The van der Waals surface area contributed by atoms with E-state index in [1.165, 1.54) is 70.6 Å². The molecule has 102 valence electrons. The van der Waals surface area contributed by atoms with Crippen LogP contribution in [0.15, 0.2) is 11.6 Å². The highest BCUT2D eigenvalue weighted by Gasteiger charge is 2.15. The lowest BCUT2D eigenvalue weighted by Crippen LogP contribution is -2.07. The Morgan fingerprint density at radius 3 is 2.28 bits per heavy atom. The standard InChI is InChI=1S/C17H31B/c1-3-4-14-17(2,18)15-10-13-16-11-8-6-5-7-9-12-16/h13H,3-12,14-15H2,1-2H3. The molecule has 1 fully saturated rings. The van der Waals surface area contributed by atoms with Crippen molar-refractivity contribution in [2.24, 2.45) is 0 Å². The largest absolute Gasteiger partial charge is 0.0853 e. The van der Waals surface area contributed by atoms with Crippen molar-refractivity contribution in [2.75, 3.05) is 0 Å². The van der Waals surface area contributed by atoms with Gasteiger partial charge in [-0.15, -0.1) is 0 Å². The van der Waals surface area contributed by atoms with Gasteiger partial charge in [0.1, 0.15) is 0 Å². The lowest BCUT2D eigenvalue weighted by Gasteiger charge is -2.24. The van der Waals surface area contributed by atoms with Crippen molar-refractivity contribution in [1.29, 1.82) is 0 Å². The van der Waals surface area contributed by atoms with Gasteiger partial charge in [-0.1, -0.05) is 75.8 Å². The summed E-state index contributed by atoms with van der Waals surface area (Å²) in [5.41, 5.74) is 1.71. The molecule has 0 N–H and O–H groups in total. The Morgan fingerprint density at radius 1 is 1.06 bits per heavy atom. The summed E-state index contributed by atoms with van der Waals surface area (Å²) in [6.07, 6.45) is 18.3. The van der Waals surface area contributed by atoms with Crippen LogP contribution in [0.1, 0.15) is 90.9 Å². The van der Waals surface area contributed by atoms with Gasteiger partial charge in [0.05, 0.1) is 7.85 Å². The fraction of sp³-hybridized carbons (Fsp3) is 0.882. The highest BCUT2D eigenvalue weighted by Crippen LogP contribution is 2.34. The Labute approximate surface area is 116 Å². The third-order valence-electron chi connectivity index (χ3n) is 4.25. The topological polar surface area (TPSA) is 0 Å². The second-order valence-corrected chi connectivity index (χ2v) is 6.43. The zero-order valence-corrected chi connectivity index (χ0v) is 12.6. The maximum absolute atomic E-state index is 6.35. The maximum Gasteiger partial charge on any atom is 0.0742 e. The van der Waals surface area contributed by atoms with Crippen molar-refractivity contribution < 1.29 is 0 Å². The highest BCUT2D eigenvalue weighted by atomic mass is 14.2. The Balaban J connectivity index is 2.28. The van der Waals surface area contributed by atoms with E-state index in [4.69, 9.17) is 7.85 Å². The third-order valence-corrected chi connectivity index (χ3v) is 4.25. The van der Waals surface area contributed by atoms with Crippen LogP contribution in [-0.2, 0) is 0 Å². The summed E-state index contributed by atoms with van der Waals surface area (Å²) in [5, 5.41) is 0.0503. The van der Waals surface area contributed by atoms with E-state index in [0.29, 0.717) is 0 Å². The smallest absolute Gasteiger partial charge is 0.0742 e. The summed E-state index contributed by atoms with van der Waals surface area (Å²) in [6, 6.07) is 0. The summed E-state index contributed by atoms with van der Waals surface area (Å²) in [7, 11) is 6.35. The van der Waals surface area contributed by atoms with Crippen LogP contribution in [0, 0.1) is 0 Å². The fourth-order valence-corrected chi connectivity index (χ4v) is 2.88. The second-order valence-electron chi connectivity index (χ2n) is 6.43. The molecule has 1 heteroatoms. The molecule has 0 nitrogen and oxygen atoms in total. The number of unbranched alkanes of at least 4 members (excludes halogenated alkanes) is 1. The Kier molecular flexibility index (Phi) is 7.78. The minimum absolute atomic E-state index is 0.0503. The van der Waals surface area contributed by atoms with E-state index in [0.717, 1.165) is 6.42 Å². The van der Waals surface area contributed by atoms with Crippen molar-refractivity contribution in [2.45, 2.75) is 96.2 Å². The van der Waals surface area contributed by atoms with Crippen LogP contribution < -0.4 is 0 Å². The summed E-state index contributed by atoms with van der Waals surface area (Å²) in [5.74, 6) is 0. The van der Waals surface area contributed by atoms with E-state index < -0.39 is 0 Å². The molecule has 1 aliphatic carbocycles. The average molecular weight is 246 g/mol. The van der Waals surface area contributed by atoms with Gasteiger partial charge in [-0.25, -0.2) is 0 Å². The van der Waals surface area contributed by atoms with Gasteiger partial charge in [-0.05, 0) is 32.1 Å². The van der Waals surface area contributed by atoms with Crippen LogP contribution in [0.5, 0.6) is 0 Å². The zero-order chi connectivity index (χ0) is 13.3. The Hall–Kier alpha value is -0.195. The first-order chi connectivity index (χ1) is 8.64. The molecule has 18 heavy (non-hydrogen) atoms. The summed E-state index contributed by atoms with van der Waals surface area (Å²) in [4.78, 5) is 0. The quantitative estimate of drug-likeness (QED) is 0.399. The fourth-order valence-electron chi connectivity index (χ4n) is 2.88. The molecule has 0 aromatic rings. The molecule has 0 aliphatic heterocycles. The van der Waals surface area contributed by atoms with E-state index in [2.05, 4.69) is 19.9 Å². The van der Waals surface area contributed by atoms with Crippen molar-refractivity contribution in [3.63, 3.8) is 0 Å². The number of rotatable bonds is 6. The molecule has 0 heterocycles. The van der Waals surface area contributed by atoms with E-state index in [1.807, 2.05) is 0 Å². The molecular formula is C17H31B. The first-order valence-electron chi connectivity index (χ1n) is 8.11. The molecule has 1 unspecified atom stereocenters. The molecule has 2 radical (unpaired) electrons. The minimum Gasteiger partial charge on any atom is -0.0853 e. The number of hydrogen-bond acceptors (Lipinski definition) is 0. The molecule has 1 atom stereocenters. The molecule has 1 saturated carbocycles. The molecule has 0 bridgehead atoms. The molecule has 1 rings (SSSR count).